The zero-order valence-corrected chi connectivity index (χ0v) is 48.3. The fourth-order valence-corrected chi connectivity index (χ4v) is 12.1. The van der Waals surface area contributed by atoms with Crippen molar-refractivity contribution in [1.29, 1.82) is 0 Å². The van der Waals surface area contributed by atoms with Gasteiger partial charge in [0.1, 0.15) is 6.15 Å². The number of nitrogens with zero attached hydrogens (tertiary/aromatic N) is 1. The first-order chi connectivity index (χ1) is 42.5. The van der Waals surface area contributed by atoms with Crippen molar-refractivity contribution in [2.45, 2.75) is 152 Å². The maximum Gasteiger partial charge on any atom is 0.416 e. The number of aromatic nitrogens is 1. The lowest BCUT2D eigenvalue weighted by Crippen LogP contribution is -2.75. The Bertz CT molecular complexity index is 3220. The van der Waals surface area contributed by atoms with Gasteiger partial charge in [0.05, 0.1) is 44.5 Å². The Kier molecular flexibility index (Phi) is 21.8. The van der Waals surface area contributed by atoms with Gasteiger partial charge in [-0.05, 0) is 68.0 Å². The van der Waals surface area contributed by atoms with Crippen LogP contribution in [0.1, 0.15) is 157 Å². The number of carbonyl (C=O) groups is 1. The van der Waals surface area contributed by atoms with Crippen molar-refractivity contribution >= 4 is 44.7 Å². The molecule has 1 aliphatic carbocycles. The summed E-state index contributed by atoms with van der Waals surface area (Å²) < 4.78 is 343. The number of benzene rings is 6. The molecular formula is C65H56BF24NO. The fourth-order valence-electron chi connectivity index (χ4n) is 12.1. The van der Waals surface area contributed by atoms with E-state index in [4.69, 9.17) is 0 Å². The number of hydrogen-bond donors (Lipinski definition) is 0. The number of unbranched alkanes of at least 4 members (excludes halogenated alkanes) is 7. The van der Waals surface area contributed by atoms with Crippen molar-refractivity contribution in [3.63, 3.8) is 0 Å². The van der Waals surface area contributed by atoms with Crippen LogP contribution in [0.3, 0.4) is 0 Å². The number of fused-ring (bicyclic) bond motifs is 1. The Labute approximate surface area is 511 Å². The van der Waals surface area contributed by atoms with Crippen molar-refractivity contribution < 1.29 is 115 Å². The molecule has 1 aromatic heterocycles. The molecule has 498 valence electrons. The number of ketones is 1. The number of alkyl halides is 24. The normalized spacial score (nSPS) is 15.8. The van der Waals surface area contributed by atoms with Crippen LogP contribution in [0.5, 0.6) is 0 Å². The Morgan fingerprint density at radius 1 is 0.380 bits per heavy atom. The van der Waals surface area contributed by atoms with Gasteiger partial charge in [-0.3, -0.25) is 4.79 Å². The summed E-state index contributed by atoms with van der Waals surface area (Å²) in [5, 5.41) is 1.21. The van der Waals surface area contributed by atoms with Crippen LogP contribution >= 0.6 is 0 Å². The molecule has 6 aromatic carbocycles. The van der Waals surface area contributed by atoms with E-state index in [9.17, 15) is 110 Å². The summed E-state index contributed by atoms with van der Waals surface area (Å²) >= 11 is 0. The molecule has 0 aliphatic heterocycles. The van der Waals surface area contributed by atoms with Crippen molar-refractivity contribution in [3.8, 4) is 0 Å². The number of para-hydroxylation sites is 1. The highest BCUT2D eigenvalue weighted by Crippen LogP contribution is 2.43. The van der Waals surface area contributed by atoms with Gasteiger partial charge in [-0.1, -0.05) is 156 Å². The van der Waals surface area contributed by atoms with Gasteiger partial charge in [0.15, 0.2) is 5.69 Å². The first kappa shape index (κ1) is 72.2. The van der Waals surface area contributed by atoms with Gasteiger partial charge in [0.2, 0.25) is 17.8 Å². The summed E-state index contributed by atoms with van der Waals surface area (Å²) in [6.45, 7) is 2.71. The van der Waals surface area contributed by atoms with Crippen LogP contribution in [-0.4, -0.2) is 11.9 Å². The molecule has 0 unspecified atom stereocenters. The minimum Gasteiger partial charge on any atom is -0.287 e. The van der Waals surface area contributed by atoms with Crippen molar-refractivity contribution in [1.82, 2.24) is 0 Å². The summed E-state index contributed by atoms with van der Waals surface area (Å²) in [7, 11) is 0. The highest BCUT2D eigenvalue weighted by atomic mass is 19.4. The lowest BCUT2D eigenvalue weighted by Gasteiger charge is -2.46. The molecule has 0 spiro atoms. The topological polar surface area (TPSA) is 20.9 Å². The molecule has 0 saturated heterocycles. The fraction of sp³-hybridized carbons (Fsp3) is 0.385. The number of halogens is 24. The van der Waals surface area contributed by atoms with Gasteiger partial charge in [0.25, 0.3) is 0 Å². The molecular weight excluding hydrogens is 1280 g/mol. The summed E-state index contributed by atoms with van der Waals surface area (Å²) in [6.07, 6.45) is -37.0. The van der Waals surface area contributed by atoms with E-state index < -0.39 is 195 Å². The van der Waals surface area contributed by atoms with Gasteiger partial charge in [-0.15, -0.1) is 0 Å². The van der Waals surface area contributed by atoms with E-state index in [2.05, 4.69) is 47.9 Å². The molecule has 27 heteroatoms. The molecule has 1 fully saturated rings. The van der Waals surface area contributed by atoms with Crippen LogP contribution < -0.4 is 26.4 Å². The van der Waals surface area contributed by atoms with Gasteiger partial charge >= 0.3 is 49.4 Å². The van der Waals surface area contributed by atoms with Crippen molar-refractivity contribution in [2.24, 2.45) is 5.92 Å². The maximum atomic E-state index is 14.2. The third-order valence-electron chi connectivity index (χ3n) is 16.5. The number of carbonyl (C=O) groups excluding carboxylic acids is 1. The predicted molar refractivity (Wildman–Crippen MR) is 297 cm³/mol. The second kappa shape index (κ2) is 27.8. The van der Waals surface area contributed by atoms with Crippen LogP contribution in [0.25, 0.3) is 10.9 Å². The van der Waals surface area contributed by atoms with E-state index in [0.29, 0.717) is 12.5 Å². The molecule has 0 N–H and O–H groups in total. The van der Waals surface area contributed by atoms with Crippen LogP contribution in [0, 0.1) is 5.92 Å². The molecule has 1 aliphatic rings. The second-order valence-electron chi connectivity index (χ2n) is 22.9. The van der Waals surface area contributed by atoms with E-state index in [1.54, 1.807) is 0 Å². The third kappa shape index (κ3) is 17.7. The molecule has 0 radical (unpaired) electrons. The molecule has 92 heavy (non-hydrogen) atoms. The smallest absolute Gasteiger partial charge is 0.287 e. The van der Waals surface area contributed by atoms with Crippen LogP contribution in [0.4, 0.5) is 105 Å². The standard InChI is InChI=1S/C33H44NO.C32H12BF24/c1-2-3-4-5-6-7-8-10-15-27-20-22-29(23-21-27)32-25-24-28-16-13-14-19-31(28)34(32)26-33(35)30-17-11-9-12-18-30;34-25(35,36)13-1-14(26(37,38)39)6-21(5-13)33(22-7-15(27(40,41)42)2-16(8-22)28(43,44)45,23-9-17(29(46,47)48)3-18(10-23)30(49,50)51)24-11-19(31(52,53)54)4-20(12-24)32(55,56)57/h9,11-14,16-19,24-25,27,29H,2-8,10,15,20-23,26H2,1H3;1-12H/q+1;-1. The summed E-state index contributed by atoms with van der Waals surface area (Å²) in [5.74, 6) is 1.64. The van der Waals surface area contributed by atoms with Gasteiger partial charge < -0.3 is 0 Å². The molecule has 1 saturated carbocycles. The first-order valence-electron chi connectivity index (χ1n) is 28.9. The molecule has 7 aromatic rings. The van der Waals surface area contributed by atoms with E-state index in [-0.39, 0.29) is 5.78 Å². The van der Waals surface area contributed by atoms with E-state index in [0.717, 1.165) is 11.5 Å². The quantitative estimate of drug-likeness (QED) is 0.0293. The Balaban J connectivity index is 0.000000292. The second-order valence-corrected chi connectivity index (χ2v) is 22.9. The average molecular weight is 1330 g/mol. The Morgan fingerprint density at radius 2 is 0.696 bits per heavy atom. The van der Waals surface area contributed by atoms with Crippen LogP contribution in [0.2, 0.25) is 0 Å². The van der Waals surface area contributed by atoms with E-state index >= 15 is 0 Å². The molecule has 1 heterocycles. The molecule has 0 atom stereocenters. The number of Topliss-reactive ketones (excluding diaryl/α,β-unsaturated/α-hetero) is 1. The largest absolute Gasteiger partial charge is 0.416 e. The van der Waals surface area contributed by atoms with Crippen LogP contribution in [-0.2, 0) is 56.0 Å². The summed E-state index contributed by atoms with van der Waals surface area (Å²) in [6, 6.07) is 14.0. The number of rotatable bonds is 17. The number of hydrogen-bond acceptors (Lipinski definition) is 1. The van der Waals surface area contributed by atoms with E-state index in [1.807, 2.05) is 30.3 Å². The lowest BCUT2D eigenvalue weighted by molar-refractivity contribution is -0.666. The number of pyridine rings is 1. The monoisotopic (exact) mass is 1330 g/mol. The minimum atomic E-state index is -6.13. The first-order valence-corrected chi connectivity index (χ1v) is 28.9. The zero-order valence-electron chi connectivity index (χ0n) is 48.3. The van der Waals surface area contributed by atoms with Crippen LogP contribution in [0.15, 0.2) is 140 Å². The van der Waals surface area contributed by atoms with E-state index in [1.165, 1.54) is 100 Å². The predicted octanol–water partition coefficient (Wildman–Crippen LogP) is 20.0. The average Bonchev–Trinajstić information content (AvgIpc) is 0.712. The highest BCUT2D eigenvalue weighted by molar-refractivity contribution is 7.20. The van der Waals surface area contributed by atoms with Gasteiger partial charge in [-0.2, -0.15) is 132 Å². The Hall–Kier alpha value is -7.22. The molecule has 0 bridgehead atoms. The van der Waals surface area contributed by atoms with Crippen molar-refractivity contribution in [2.75, 3.05) is 0 Å². The summed E-state index contributed by atoms with van der Waals surface area (Å²) in [5.41, 5.74) is -26.9. The minimum absolute atomic E-state index is 0.191. The molecule has 2 nitrogen and oxygen atoms in total. The zero-order chi connectivity index (χ0) is 68.2. The summed E-state index contributed by atoms with van der Waals surface area (Å²) in [4.78, 5) is 13.2. The lowest BCUT2D eigenvalue weighted by atomic mass is 9.12. The third-order valence-corrected chi connectivity index (χ3v) is 16.5. The molecule has 8 rings (SSSR count). The maximum absolute atomic E-state index is 14.2. The van der Waals surface area contributed by atoms with Crippen molar-refractivity contribution in [3.05, 3.63) is 195 Å². The van der Waals surface area contributed by atoms with Gasteiger partial charge in [-0.25, -0.2) is 0 Å². The molecule has 0 amide bonds. The van der Waals surface area contributed by atoms with Gasteiger partial charge in [0, 0.05) is 29.0 Å². The SMILES string of the molecule is CCCCCCCCCCC1CCC(c2ccc3ccccc3[n+]2CC(=O)c2ccccc2)CC1.FC(F)(F)c1cc([B-](c2cc(C(F)(F)F)cc(C(F)(F)F)c2)(c2cc(C(F)(F)F)cc(C(F)(F)F)c2)c2cc(C(F)(F)F)cc(C(F)(F)F)c2)cc(C(F)(F)F)c1. The highest BCUT2D eigenvalue weighted by Gasteiger charge is 2.47. The Morgan fingerprint density at radius 3 is 1.03 bits per heavy atom.